The quantitative estimate of drug-likeness (QED) is 0.883. The Balaban J connectivity index is 2.17. The van der Waals surface area contributed by atoms with Gasteiger partial charge in [0.25, 0.3) is 0 Å². The molecule has 132 valence electrons. The second-order valence-electron chi connectivity index (χ2n) is 5.62. The van der Waals surface area contributed by atoms with Gasteiger partial charge in [0, 0.05) is 17.8 Å². The van der Waals surface area contributed by atoms with Gasteiger partial charge >= 0.3 is 12.1 Å². The van der Waals surface area contributed by atoms with Gasteiger partial charge in [-0.25, -0.2) is 19.5 Å². The SMILES string of the molecule is CCNC(=O)N1C(=O)NC(C)=C(C#N)C1c1ncoc1-c1ccccc1. The van der Waals surface area contributed by atoms with E-state index in [1.165, 1.54) is 6.39 Å². The number of nitriles is 1. The van der Waals surface area contributed by atoms with Gasteiger partial charge in [-0.3, -0.25) is 0 Å². The van der Waals surface area contributed by atoms with Gasteiger partial charge in [0.1, 0.15) is 11.7 Å². The zero-order chi connectivity index (χ0) is 18.7. The number of allylic oxidation sites excluding steroid dienone is 1. The Hall–Kier alpha value is -3.60. The van der Waals surface area contributed by atoms with E-state index < -0.39 is 18.1 Å². The first-order valence-corrected chi connectivity index (χ1v) is 8.06. The smallest absolute Gasteiger partial charge is 0.330 e. The summed E-state index contributed by atoms with van der Waals surface area (Å²) in [4.78, 5) is 30.2. The molecule has 0 saturated heterocycles. The summed E-state index contributed by atoms with van der Waals surface area (Å²) < 4.78 is 5.52. The number of carbonyl (C=O) groups excluding carboxylic acids is 2. The monoisotopic (exact) mass is 351 g/mol. The van der Waals surface area contributed by atoms with E-state index in [0.29, 0.717) is 23.7 Å². The predicted molar refractivity (Wildman–Crippen MR) is 92.4 cm³/mol. The molecule has 0 fully saturated rings. The van der Waals surface area contributed by atoms with Crippen LogP contribution in [0.4, 0.5) is 9.59 Å². The molecule has 2 N–H and O–H groups in total. The summed E-state index contributed by atoms with van der Waals surface area (Å²) in [6.07, 6.45) is 1.24. The van der Waals surface area contributed by atoms with E-state index in [-0.39, 0.29) is 5.57 Å². The molecule has 26 heavy (non-hydrogen) atoms. The molecule has 2 heterocycles. The Morgan fingerprint density at radius 2 is 2.15 bits per heavy atom. The van der Waals surface area contributed by atoms with Gasteiger partial charge in [-0.2, -0.15) is 5.26 Å². The molecule has 8 nitrogen and oxygen atoms in total. The molecule has 0 radical (unpaired) electrons. The molecule has 1 aliphatic heterocycles. The van der Waals surface area contributed by atoms with Crippen molar-refractivity contribution in [3.63, 3.8) is 0 Å². The molecule has 4 amide bonds. The minimum absolute atomic E-state index is 0.224. The third kappa shape index (κ3) is 2.91. The number of amides is 4. The van der Waals surface area contributed by atoms with E-state index in [1.807, 2.05) is 30.3 Å². The Bertz CT molecular complexity index is 910. The first-order valence-electron chi connectivity index (χ1n) is 8.06. The highest BCUT2D eigenvalue weighted by molar-refractivity contribution is 5.96. The van der Waals surface area contributed by atoms with Crippen molar-refractivity contribution in [3.05, 3.63) is 53.7 Å². The molecule has 0 spiro atoms. The van der Waals surface area contributed by atoms with Crippen LogP contribution in [0, 0.1) is 11.3 Å². The van der Waals surface area contributed by atoms with Crippen LogP contribution in [0.3, 0.4) is 0 Å². The van der Waals surface area contributed by atoms with Gasteiger partial charge in [-0.15, -0.1) is 0 Å². The van der Waals surface area contributed by atoms with E-state index in [1.54, 1.807) is 13.8 Å². The maximum atomic E-state index is 12.5. The number of oxazole rings is 1. The Labute approximate surface area is 150 Å². The summed E-state index contributed by atoms with van der Waals surface area (Å²) in [5.74, 6) is 0.403. The van der Waals surface area contributed by atoms with E-state index in [9.17, 15) is 14.9 Å². The zero-order valence-electron chi connectivity index (χ0n) is 14.3. The second kappa shape index (κ2) is 7.11. The maximum absolute atomic E-state index is 12.5. The number of rotatable bonds is 3. The van der Waals surface area contributed by atoms with Crippen LogP contribution in [0.1, 0.15) is 25.6 Å². The summed E-state index contributed by atoms with van der Waals surface area (Å²) in [5, 5.41) is 14.8. The summed E-state index contributed by atoms with van der Waals surface area (Å²) in [6, 6.07) is 9.05. The minimum atomic E-state index is -0.978. The van der Waals surface area contributed by atoms with Crippen molar-refractivity contribution in [1.29, 1.82) is 5.26 Å². The number of imide groups is 1. The number of hydrogen-bond acceptors (Lipinski definition) is 5. The molecule has 1 atom stereocenters. The third-order valence-corrected chi connectivity index (χ3v) is 4.01. The standard InChI is InChI=1S/C18H17N5O3/c1-3-20-17(24)23-15(13(9-19)11(2)22-18(23)25)14-16(26-10-21-14)12-7-5-4-6-8-12/h4-8,10,15H,3H2,1-2H3,(H,20,24)(H,22,25). The maximum Gasteiger partial charge on any atom is 0.330 e. The van der Waals surface area contributed by atoms with Crippen molar-refractivity contribution in [2.45, 2.75) is 19.9 Å². The number of nitrogens with one attached hydrogen (secondary N) is 2. The van der Waals surface area contributed by atoms with Crippen molar-refractivity contribution in [2.75, 3.05) is 6.54 Å². The molecule has 2 aromatic rings. The Morgan fingerprint density at radius 3 is 2.81 bits per heavy atom. The van der Waals surface area contributed by atoms with Crippen molar-refractivity contribution < 1.29 is 14.0 Å². The summed E-state index contributed by atoms with van der Waals surface area (Å²) in [7, 11) is 0. The van der Waals surface area contributed by atoms with Gasteiger partial charge in [-0.05, 0) is 13.8 Å². The average Bonchev–Trinajstić information content (AvgIpc) is 3.11. The first kappa shape index (κ1) is 17.2. The third-order valence-electron chi connectivity index (χ3n) is 4.01. The van der Waals surface area contributed by atoms with Crippen molar-refractivity contribution >= 4 is 12.1 Å². The summed E-state index contributed by atoms with van der Waals surface area (Å²) in [5.41, 5.74) is 1.66. The minimum Gasteiger partial charge on any atom is -0.443 e. The van der Waals surface area contributed by atoms with Crippen molar-refractivity contribution in [3.8, 4) is 17.4 Å². The van der Waals surface area contributed by atoms with E-state index in [2.05, 4.69) is 21.7 Å². The van der Waals surface area contributed by atoms with Crippen LogP contribution in [0.25, 0.3) is 11.3 Å². The van der Waals surface area contributed by atoms with Crippen LogP contribution in [0.2, 0.25) is 0 Å². The summed E-state index contributed by atoms with van der Waals surface area (Å²) >= 11 is 0. The molecule has 1 aromatic carbocycles. The lowest BCUT2D eigenvalue weighted by molar-refractivity contribution is 0.173. The molecule has 1 unspecified atom stereocenters. The van der Waals surface area contributed by atoms with Gasteiger partial charge in [0.15, 0.2) is 12.2 Å². The van der Waals surface area contributed by atoms with Crippen LogP contribution >= 0.6 is 0 Å². The predicted octanol–water partition coefficient (Wildman–Crippen LogP) is 2.93. The van der Waals surface area contributed by atoms with E-state index in [0.717, 1.165) is 10.5 Å². The van der Waals surface area contributed by atoms with Crippen LogP contribution in [-0.4, -0.2) is 28.5 Å². The average molecular weight is 351 g/mol. The highest BCUT2D eigenvalue weighted by Gasteiger charge is 2.41. The van der Waals surface area contributed by atoms with Gasteiger partial charge in [0.05, 0.1) is 11.6 Å². The largest absolute Gasteiger partial charge is 0.443 e. The fourth-order valence-electron chi connectivity index (χ4n) is 2.84. The lowest BCUT2D eigenvalue weighted by Crippen LogP contribution is -2.53. The number of aromatic nitrogens is 1. The highest BCUT2D eigenvalue weighted by atomic mass is 16.3. The van der Waals surface area contributed by atoms with Crippen molar-refractivity contribution in [2.24, 2.45) is 0 Å². The highest BCUT2D eigenvalue weighted by Crippen LogP contribution is 2.37. The molecule has 8 heteroatoms. The van der Waals surface area contributed by atoms with Crippen molar-refractivity contribution in [1.82, 2.24) is 20.5 Å². The molecule has 1 aliphatic rings. The molecule has 3 rings (SSSR count). The zero-order valence-corrected chi connectivity index (χ0v) is 14.3. The lowest BCUT2D eigenvalue weighted by atomic mass is 9.96. The molecule has 0 bridgehead atoms. The molecular formula is C18H17N5O3. The van der Waals surface area contributed by atoms with E-state index >= 15 is 0 Å². The molecule has 1 aromatic heterocycles. The fourth-order valence-corrected chi connectivity index (χ4v) is 2.84. The van der Waals surface area contributed by atoms with Crippen LogP contribution in [-0.2, 0) is 0 Å². The Morgan fingerprint density at radius 1 is 1.42 bits per heavy atom. The number of urea groups is 2. The van der Waals surface area contributed by atoms with Crippen LogP contribution in [0.15, 0.2) is 52.4 Å². The molecule has 0 saturated carbocycles. The number of carbonyl (C=O) groups is 2. The normalized spacial score (nSPS) is 16.9. The van der Waals surface area contributed by atoms with Crippen LogP contribution in [0.5, 0.6) is 0 Å². The van der Waals surface area contributed by atoms with E-state index in [4.69, 9.17) is 4.42 Å². The van der Waals surface area contributed by atoms with Gasteiger partial charge in [-0.1, -0.05) is 30.3 Å². The second-order valence-corrected chi connectivity index (χ2v) is 5.62. The van der Waals surface area contributed by atoms with Gasteiger partial charge < -0.3 is 15.1 Å². The van der Waals surface area contributed by atoms with Gasteiger partial charge in [0.2, 0.25) is 0 Å². The lowest BCUT2D eigenvalue weighted by Gasteiger charge is -2.33. The first-order chi connectivity index (χ1) is 12.6. The molecular weight excluding hydrogens is 334 g/mol. The summed E-state index contributed by atoms with van der Waals surface area (Å²) in [6.45, 7) is 3.69. The topological polar surface area (TPSA) is 111 Å². The van der Waals surface area contributed by atoms with Crippen LogP contribution < -0.4 is 10.6 Å². The number of nitrogens with zero attached hydrogens (tertiary/aromatic N) is 3. The Kier molecular flexibility index (Phi) is 4.71. The number of benzene rings is 1. The molecule has 0 aliphatic carbocycles. The number of hydrogen-bond donors (Lipinski definition) is 2. The fraction of sp³-hybridized carbons (Fsp3) is 0.222.